The van der Waals surface area contributed by atoms with E-state index in [1.54, 1.807) is 18.2 Å². The van der Waals surface area contributed by atoms with Gasteiger partial charge in [-0.1, -0.05) is 48.6 Å². The molecule has 1 aromatic heterocycles. The normalized spacial score (nSPS) is 10.4. The summed E-state index contributed by atoms with van der Waals surface area (Å²) in [7, 11) is 0. The van der Waals surface area contributed by atoms with Gasteiger partial charge in [-0.15, -0.1) is 0 Å². The van der Waals surface area contributed by atoms with Crippen molar-refractivity contribution >= 4 is 18.1 Å². The van der Waals surface area contributed by atoms with Crippen molar-refractivity contribution in [1.29, 1.82) is 0 Å². The zero-order valence-corrected chi connectivity index (χ0v) is 12.3. The lowest BCUT2D eigenvalue weighted by Crippen LogP contribution is -2.24. The molecule has 0 fully saturated rings. The SMILES string of the molecule is O=C(NCC=Cc1ccc(C(=O)O)nc1)OCc1ccccc1. The third-order valence-corrected chi connectivity index (χ3v) is 2.89. The van der Waals surface area contributed by atoms with Crippen molar-refractivity contribution < 1.29 is 19.4 Å². The predicted octanol–water partition coefficient (Wildman–Crippen LogP) is 2.72. The fourth-order valence-electron chi connectivity index (χ4n) is 1.74. The van der Waals surface area contributed by atoms with Gasteiger partial charge in [0.1, 0.15) is 12.3 Å². The van der Waals surface area contributed by atoms with Crippen LogP contribution in [0.4, 0.5) is 4.79 Å². The van der Waals surface area contributed by atoms with E-state index in [9.17, 15) is 9.59 Å². The lowest BCUT2D eigenvalue weighted by molar-refractivity contribution is 0.0690. The predicted molar refractivity (Wildman–Crippen MR) is 84.9 cm³/mol. The summed E-state index contributed by atoms with van der Waals surface area (Å²) in [4.78, 5) is 26.0. The number of pyridine rings is 1. The molecule has 2 aromatic rings. The first-order chi connectivity index (χ1) is 11.1. The second-order valence-electron chi connectivity index (χ2n) is 4.63. The highest BCUT2D eigenvalue weighted by Gasteiger charge is 2.02. The van der Waals surface area contributed by atoms with Crippen molar-refractivity contribution in [2.45, 2.75) is 6.61 Å². The van der Waals surface area contributed by atoms with Crippen LogP contribution in [0.3, 0.4) is 0 Å². The van der Waals surface area contributed by atoms with Gasteiger partial charge in [-0.05, 0) is 17.2 Å². The zero-order valence-electron chi connectivity index (χ0n) is 12.3. The monoisotopic (exact) mass is 312 g/mol. The van der Waals surface area contributed by atoms with Crippen LogP contribution in [-0.2, 0) is 11.3 Å². The molecule has 23 heavy (non-hydrogen) atoms. The minimum absolute atomic E-state index is 0.00948. The summed E-state index contributed by atoms with van der Waals surface area (Å²) >= 11 is 0. The molecule has 2 rings (SSSR count). The second-order valence-corrected chi connectivity index (χ2v) is 4.63. The van der Waals surface area contributed by atoms with E-state index in [0.717, 1.165) is 11.1 Å². The molecule has 6 heteroatoms. The molecule has 118 valence electrons. The number of nitrogens with zero attached hydrogens (tertiary/aromatic N) is 1. The van der Waals surface area contributed by atoms with Crippen LogP contribution in [0.1, 0.15) is 21.6 Å². The van der Waals surface area contributed by atoms with Gasteiger partial charge in [0.2, 0.25) is 0 Å². The molecule has 6 nitrogen and oxygen atoms in total. The standard InChI is InChI=1S/C17H16N2O4/c20-16(21)15-9-8-13(11-19-15)7-4-10-18-17(22)23-12-14-5-2-1-3-6-14/h1-9,11H,10,12H2,(H,18,22)(H,20,21). The molecule has 0 saturated carbocycles. The number of rotatable bonds is 6. The van der Waals surface area contributed by atoms with Gasteiger partial charge in [0, 0.05) is 12.7 Å². The fourth-order valence-corrected chi connectivity index (χ4v) is 1.74. The van der Waals surface area contributed by atoms with Crippen molar-refractivity contribution in [3.8, 4) is 0 Å². The van der Waals surface area contributed by atoms with E-state index >= 15 is 0 Å². The maximum Gasteiger partial charge on any atom is 0.407 e. The van der Waals surface area contributed by atoms with Crippen molar-refractivity contribution in [3.05, 3.63) is 71.6 Å². The molecule has 0 spiro atoms. The summed E-state index contributed by atoms with van der Waals surface area (Å²) in [5.74, 6) is -1.07. The Balaban J connectivity index is 1.71. The summed E-state index contributed by atoms with van der Waals surface area (Å²) in [5.41, 5.74) is 1.65. The number of carboxylic acid groups (broad SMARTS) is 1. The summed E-state index contributed by atoms with van der Waals surface area (Å²) in [6, 6.07) is 12.5. The number of aromatic carboxylic acids is 1. The average molecular weight is 312 g/mol. The number of alkyl carbamates (subject to hydrolysis) is 1. The van der Waals surface area contributed by atoms with Gasteiger partial charge < -0.3 is 15.2 Å². The van der Waals surface area contributed by atoms with Gasteiger partial charge in [0.25, 0.3) is 0 Å². The van der Waals surface area contributed by atoms with Crippen LogP contribution in [0.15, 0.2) is 54.7 Å². The van der Waals surface area contributed by atoms with Crippen LogP contribution in [-0.4, -0.2) is 28.7 Å². The highest BCUT2D eigenvalue weighted by atomic mass is 16.5. The Morgan fingerprint density at radius 1 is 1.17 bits per heavy atom. The number of amides is 1. The first-order valence-corrected chi connectivity index (χ1v) is 6.95. The molecule has 0 aliphatic heterocycles. The highest BCUT2D eigenvalue weighted by molar-refractivity contribution is 5.85. The third kappa shape index (κ3) is 5.62. The zero-order chi connectivity index (χ0) is 16.5. The van der Waals surface area contributed by atoms with Crippen LogP contribution >= 0.6 is 0 Å². The number of carboxylic acids is 1. The Morgan fingerprint density at radius 2 is 1.96 bits per heavy atom. The van der Waals surface area contributed by atoms with Crippen LogP contribution < -0.4 is 5.32 Å². The Bertz CT molecular complexity index is 681. The molecule has 0 radical (unpaired) electrons. The highest BCUT2D eigenvalue weighted by Crippen LogP contribution is 2.03. The quantitative estimate of drug-likeness (QED) is 0.856. The van der Waals surface area contributed by atoms with Crippen LogP contribution in [0.25, 0.3) is 6.08 Å². The summed E-state index contributed by atoms with van der Waals surface area (Å²) in [6.45, 7) is 0.519. The van der Waals surface area contributed by atoms with Crippen molar-refractivity contribution in [2.24, 2.45) is 0 Å². The molecular formula is C17H16N2O4. The largest absolute Gasteiger partial charge is 0.477 e. The topological polar surface area (TPSA) is 88.5 Å². The van der Waals surface area contributed by atoms with Gasteiger partial charge >= 0.3 is 12.1 Å². The van der Waals surface area contributed by atoms with Crippen LogP contribution in [0, 0.1) is 0 Å². The summed E-state index contributed by atoms with van der Waals surface area (Å²) in [6.07, 6.45) is 4.41. The van der Waals surface area contributed by atoms with Gasteiger partial charge in [-0.2, -0.15) is 0 Å². The third-order valence-electron chi connectivity index (χ3n) is 2.89. The number of benzene rings is 1. The molecule has 0 aliphatic rings. The second kappa shape index (κ2) is 8.33. The summed E-state index contributed by atoms with van der Waals surface area (Å²) in [5, 5.41) is 11.3. The molecule has 1 heterocycles. The van der Waals surface area contributed by atoms with E-state index < -0.39 is 12.1 Å². The first-order valence-electron chi connectivity index (χ1n) is 6.95. The maximum atomic E-state index is 11.5. The fraction of sp³-hybridized carbons (Fsp3) is 0.118. The Kier molecular flexibility index (Phi) is 5.88. The first kappa shape index (κ1) is 16.2. The van der Waals surface area contributed by atoms with Gasteiger partial charge in [-0.3, -0.25) is 0 Å². The molecule has 1 amide bonds. The summed E-state index contributed by atoms with van der Waals surface area (Å²) < 4.78 is 5.06. The number of hydrogen-bond acceptors (Lipinski definition) is 4. The lowest BCUT2D eigenvalue weighted by Gasteiger charge is -2.05. The Hall–Kier alpha value is -3.15. The Morgan fingerprint density at radius 3 is 2.61 bits per heavy atom. The molecule has 1 aromatic carbocycles. The minimum atomic E-state index is -1.07. The molecule has 0 atom stereocenters. The van der Waals surface area contributed by atoms with Gasteiger partial charge in [0.15, 0.2) is 0 Å². The lowest BCUT2D eigenvalue weighted by atomic mass is 10.2. The number of ether oxygens (including phenoxy) is 1. The van der Waals surface area contributed by atoms with E-state index in [0.29, 0.717) is 6.54 Å². The molecule has 0 saturated heterocycles. The number of hydrogen-bond donors (Lipinski definition) is 2. The molecular weight excluding hydrogens is 296 g/mol. The van der Waals surface area contributed by atoms with Crippen molar-refractivity contribution in [3.63, 3.8) is 0 Å². The number of aromatic nitrogens is 1. The van der Waals surface area contributed by atoms with Crippen LogP contribution in [0.5, 0.6) is 0 Å². The van der Waals surface area contributed by atoms with Crippen LogP contribution in [0.2, 0.25) is 0 Å². The molecule has 0 aliphatic carbocycles. The van der Waals surface area contributed by atoms with Gasteiger partial charge in [0.05, 0.1) is 0 Å². The van der Waals surface area contributed by atoms with E-state index in [-0.39, 0.29) is 12.3 Å². The van der Waals surface area contributed by atoms with Crippen molar-refractivity contribution in [1.82, 2.24) is 10.3 Å². The smallest absolute Gasteiger partial charge is 0.407 e. The van der Waals surface area contributed by atoms with E-state index in [2.05, 4.69) is 10.3 Å². The molecule has 2 N–H and O–H groups in total. The number of nitrogens with one attached hydrogen (secondary N) is 1. The molecule has 0 bridgehead atoms. The van der Waals surface area contributed by atoms with Gasteiger partial charge in [-0.25, -0.2) is 14.6 Å². The maximum absolute atomic E-state index is 11.5. The van der Waals surface area contributed by atoms with E-state index in [1.165, 1.54) is 12.3 Å². The number of carbonyl (C=O) groups excluding carboxylic acids is 1. The van der Waals surface area contributed by atoms with Crippen molar-refractivity contribution in [2.75, 3.05) is 6.54 Å². The minimum Gasteiger partial charge on any atom is -0.477 e. The Labute approximate surface area is 133 Å². The van der Waals surface area contributed by atoms with E-state index in [4.69, 9.17) is 9.84 Å². The average Bonchev–Trinajstić information content (AvgIpc) is 2.58. The van der Waals surface area contributed by atoms with E-state index in [1.807, 2.05) is 30.3 Å². The number of carbonyl (C=O) groups is 2. The molecule has 0 unspecified atom stereocenters.